The lowest BCUT2D eigenvalue weighted by atomic mass is 10.1. The number of aryl methyl sites for hydroxylation is 1. The molecule has 1 aliphatic rings. The summed E-state index contributed by atoms with van der Waals surface area (Å²) >= 11 is 5.87. The van der Waals surface area contributed by atoms with Gasteiger partial charge in [0.25, 0.3) is 0 Å². The molecule has 0 aliphatic carbocycles. The first kappa shape index (κ1) is 11.6. The normalized spacial score (nSPS) is 20.8. The van der Waals surface area contributed by atoms with E-state index in [4.69, 9.17) is 11.6 Å². The summed E-state index contributed by atoms with van der Waals surface area (Å²) in [6.45, 7) is 4.06. The number of rotatable bonds is 2. The van der Waals surface area contributed by atoms with Gasteiger partial charge in [-0.25, -0.2) is 9.97 Å². The van der Waals surface area contributed by atoms with Crippen LogP contribution in [0.25, 0.3) is 0 Å². The number of anilines is 1. The predicted octanol–water partition coefficient (Wildman–Crippen LogP) is 1.63. The lowest BCUT2D eigenvalue weighted by molar-refractivity contribution is 0.443. The summed E-state index contributed by atoms with van der Waals surface area (Å²) in [7, 11) is 2.07. The highest BCUT2D eigenvalue weighted by Crippen LogP contribution is 2.18. The van der Waals surface area contributed by atoms with E-state index in [0.29, 0.717) is 11.3 Å². The highest BCUT2D eigenvalue weighted by molar-refractivity contribution is 6.28. The summed E-state index contributed by atoms with van der Waals surface area (Å²) in [6, 6.07) is 2.47. The number of hydrogen-bond donors (Lipinski definition) is 1. The minimum absolute atomic E-state index is 0.325. The molecule has 0 spiro atoms. The molecule has 0 saturated carbocycles. The van der Waals surface area contributed by atoms with Gasteiger partial charge in [-0.3, -0.25) is 0 Å². The molecule has 4 nitrogen and oxygen atoms in total. The van der Waals surface area contributed by atoms with E-state index in [2.05, 4.69) is 27.2 Å². The molecule has 1 aromatic heterocycles. The molecule has 2 heterocycles. The van der Waals surface area contributed by atoms with Gasteiger partial charge in [0.1, 0.15) is 5.82 Å². The molecule has 1 saturated heterocycles. The van der Waals surface area contributed by atoms with Crippen molar-refractivity contribution in [2.45, 2.75) is 25.8 Å². The Bertz CT molecular complexity index is 343. The van der Waals surface area contributed by atoms with E-state index in [0.717, 1.165) is 24.6 Å². The van der Waals surface area contributed by atoms with Gasteiger partial charge in [0.15, 0.2) is 0 Å². The second kappa shape index (κ2) is 4.97. The molecule has 1 fully saturated rings. The topological polar surface area (TPSA) is 41.0 Å². The van der Waals surface area contributed by atoms with E-state index >= 15 is 0 Å². The van der Waals surface area contributed by atoms with Gasteiger partial charge in [0.2, 0.25) is 5.28 Å². The first-order valence-electron chi connectivity index (χ1n) is 5.61. The van der Waals surface area contributed by atoms with Crippen LogP contribution in [0.15, 0.2) is 6.07 Å². The van der Waals surface area contributed by atoms with Crippen LogP contribution in [0.5, 0.6) is 0 Å². The highest BCUT2D eigenvalue weighted by Gasteiger charge is 2.19. The van der Waals surface area contributed by atoms with Gasteiger partial charge < -0.3 is 10.2 Å². The zero-order valence-electron chi connectivity index (χ0n) is 9.70. The molecule has 0 unspecified atom stereocenters. The largest absolute Gasteiger partial charge is 0.355 e. The molecule has 16 heavy (non-hydrogen) atoms. The van der Waals surface area contributed by atoms with Crippen LogP contribution in [-0.2, 0) is 0 Å². The van der Waals surface area contributed by atoms with Crippen molar-refractivity contribution in [2.75, 3.05) is 25.0 Å². The minimum Gasteiger partial charge on any atom is -0.355 e. The van der Waals surface area contributed by atoms with Crippen molar-refractivity contribution in [3.05, 3.63) is 17.0 Å². The summed E-state index contributed by atoms with van der Waals surface area (Å²) in [6.07, 6.45) is 2.41. The number of nitrogens with one attached hydrogen (secondary N) is 1. The molecule has 0 amide bonds. The standard InChI is InChI=1S/C11H17ClN4/c1-8-6-10(15-11(12)14-8)16(2)9-4-3-5-13-7-9/h6,9,13H,3-5,7H2,1-2H3/t9-/m0/s1. The van der Waals surface area contributed by atoms with Crippen molar-refractivity contribution in [2.24, 2.45) is 0 Å². The number of nitrogens with zero attached hydrogens (tertiary/aromatic N) is 3. The summed E-state index contributed by atoms with van der Waals surface area (Å²) in [5, 5.41) is 3.72. The van der Waals surface area contributed by atoms with Crippen LogP contribution in [0.1, 0.15) is 18.5 Å². The van der Waals surface area contributed by atoms with E-state index in [9.17, 15) is 0 Å². The average Bonchev–Trinajstić information content (AvgIpc) is 2.28. The molecule has 5 heteroatoms. The Morgan fingerprint density at radius 3 is 2.94 bits per heavy atom. The van der Waals surface area contributed by atoms with Gasteiger partial charge in [0, 0.05) is 31.4 Å². The maximum atomic E-state index is 5.87. The van der Waals surface area contributed by atoms with Crippen LogP contribution in [0.4, 0.5) is 5.82 Å². The van der Waals surface area contributed by atoms with Gasteiger partial charge in [-0.1, -0.05) is 0 Å². The predicted molar refractivity (Wildman–Crippen MR) is 66.1 cm³/mol. The lowest BCUT2D eigenvalue weighted by Gasteiger charge is -2.32. The van der Waals surface area contributed by atoms with Crippen LogP contribution in [0.3, 0.4) is 0 Å². The Kier molecular flexibility index (Phi) is 3.61. The van der Waals surface area contributed by atoms with Gasteiger partial charge in [-0.2, -0.15) is 0 Å². The Balaban J connectivity index is 2.15. The van der Waals surface area contributed by atoms with Crippen LogP contribution >= 0.6 is 11.6 Å². The third-order valence-corrected chi connectivity index (χ3v) is 3.16. The summed E-state index contributed by atoms with van der Waals surface area (Å²) in [4.78, 5) is 10.5. The third kappa shape index (κ3) is 2.62. The van der Waals surface area contributed by atoms with Crippen LogP contribution in [-0.4, -0.2) is 36.1 Å². The van der Waals surface area contributed by atoms with Crippen molar-refractivity contribution < 1.29 is 0 Å². The van der Waals surface area contributed by atoms with E-state index in [-0.39, 0.29) is 0 Å². The fraction of sp³-hybridized carbons (Fsp3) is 0.636. The zero-order valence-corrected chi connectivity index (χ0v) is 10.5. The van der Waals surface area contributed by atoms with E-state index in [1.54, 1.807) is 0 Å². The van der Waals surface area contributed by atoms with E-state index in [1.165, 1.54) is 12.8 Å². The highest BCUT2D eigenvalue weighted by atomic mass is 35.5. The molecule has 1 aromatic rings. The number of halogens is 1. The Hall–Kier alpha value is -0.870. The smallest absolute Gasteiger partial charge is 0.224 e. The first-order chi connectivity index (χ1) is 7.66. The molecule has 1 N–H and O–H groups in total. The van der Waals surface area contributed by atoms with Crippen molar-refractivity contribution in [1.29, 1.82) is 0 Å². The summed E-state index contributed by atoms with van der Waals surface area (Å²) in [5.41, 5.74) is 0.908. The van der Waals surface area contributed by atoms with Crippen molar-refractivity contribution in [3.8, 4) is 0 Å². The lowest BCUT2D eigenvalue weighted by Crippen LogP contribution is -2.44. The van der Waals surface area contributed by atoms with Gasteiger partial charge >= 0.3 is 0 Å². The van der Waals surface area contributed by atoms with E-state index < -0.39 is 0 Å². The van der Waals surface area contributed by atoms with Crippen LogP contribution in [0.2, 0.25) is 5.28 Å². The van der Waals surface area contributed by atoms with Crippen molar-refractivity contribution in [3.63, 3.8) is 0 Å². The molecule has 2 rings (SSSR count). The number of hydrogen-bond acceptors (Lipinski definition) is 4. The molecular weight excluding hydrogens is 224 g/mol. The zero-order chi connectivity index (χ0) is 11.5. The van der Waals surface area contributed by atoms with Crippen molar-refractivity contribution >= 4 is 17.4 Å². The van der Waals surface area contributed by atoms with Crippen molar-refractivity contribution in [1.82, 2.24) is 15.3 Å². The molecule has 0 aromatic carbocycles. The molecule has 1 atom stereocenters. The Labute approximate surface area is 101 Å². The van der Waals surface area contributed by atoms with E-state index in [1.807, 2.05) is 13.0 Å². The second-order valence-corrected chi connectivity index (χ2v) is 4.59. The SMILES string of the molecule is Cc1cc(N(C)[C@H]2CCCNC2)nc(Cl)n1. The maximum absolute atomic E-state index is 5.87. The Morgan fingerprint density at radius 1 is 1.50 bits per heavy atom. The first-order valence-corrected chi connectivity index (χ1v) is 5.99. The molecular formula is C11H17ClN4. The number of likely N-dealkylation sites (N-methyl/N-ethyl adjacent to an activating group) is 1. The fourth-order valence-electron chi connectivity index (χ4n) is 2.05. The quantitative estimate of drug-likeness (QED) is 0.798. The minimum atomic E-state index is 0.325. The summed E-state index contributed by atoms with van der Waals surface area (Å²) < 4.78 is 0. The molecule has 88 valence electrons. The van der Waals surface area contributed by atoms with Gasteiger partial charge in [-0.15, -0.1) is 0 Å². The third-order valence-electron chi connectivity index (χ3n) is 2.99. The van der Waals surface area contributed by atoms with Crippen LogP contribution in [0, 0.1) is 6.92 Å². The van der Waals surface area contributed by atoms with Crippen LogP contribution < -0.4 is 10.2 Å². The summed E-state index contributed by atoms with van der Waals surface area (Å²) in [5.74, 6) is 0.909. The number of aromatic nitrogens is 2. The molecule has 1 aliphatic heterocycles. The number of piperidine rings is 1. The second-order valence-electron chi connectivity index (χ2n) is 4.25. The van der Waals surface area contributed by atoms with Gasteiger partial charge in [-0.05, 0) is 37.9 Å². The molecule has 0 bridgehead atoms. The average molecular weight is 241 g/mol. The Morgan fingerprint density at radius 2 is 2.31 bits per heavy atom. The fourth-order valence-corrected chi connectivity index (χ4v) is 2.27. The molecule has 0 radical (unpaired) electrons. The monoisotopic (exact) mass is 240 g/mol. The maximum Gasteiger partial charge on any atom is 0.224 e. The van der Waals surface area contributed by atoms with Gasteiger partial charge in [0.05, 0.1) is 0 Å².